The first-order valence-electron chi connectivity index (χ1n) is 11.2. The first-order chi connectivity index (χ1) is 14.8. The quantitative estimate of drug-likeness (QED) is 0.347. The molecule has 4 rings (SSSR count). The van der Waals surface area contributed by atoms with Gasteiger partial charge in [-0.05, 0) is 49.8 Å². The van der Waals surface area contributed by atoms with Crippen molar-refractivity contribution in [2.75, 3.05) is 0 Å². The number of allylic oxidation sites excluding steroid dienone is 4. The Balaban J connectivity index is 0.00000204. The molecule has 0 aliphatic heterocycles. The van der Waals surface area contributed by atoms with Gasteiger partial charge in [-0.2, -0.15) is 0 Å². The molecule has 0 aromatic heterocycles. The third-order valence-corrected chi connectivity index (χ3v) is 9.38. The fourth-order valence-corrected chi connectivity index (χ4v) is 8.01. The molecular formula is C24H31F2NaO5S. The zero-order valence-electron chi connectivity index (χ0n) is 20.7. The van der Waals surface area contributed by atoms with Crippen LogP contribution < -0.4 is 29.6 Å². The molecule has 0 radical (unpaired) electrons. The zero-order valence-corrected chi connectivity index (χ0v) is 22.6. The Morgan fingerprint density at radius 2 is 1.94 bits per heavy atom. The number of carbonyl (C=O) groups is 3. The van der Waals surface area contributed by atoms with Crippen LogP contribution in [0.1, 0.15) is 54.8 Å². The number of ketones is 1. The zero-order chi connectivity index (χ0) is 23.9. The minimum atomic E-state index is -2.24. The maximum Gasteiger partial charge on any atom is 1.00 e. The van der Waals surface area contributed by atoms with Crippen molar-refractivity contribution >= 4 is 29.5 Å². The van der Waals surface area contributed by atoms with Crippen LogP contribution >= 0.6 is 12.6 Å². The average molecular weight is 493 g/mol. The van der Waals surface area contributed by atoms with E-state index in [1.807, 2.05) is 0 Å². The van der Waals surface area contributed by atoms with Crippen LogP contribution in [0.5, 0.6) is 0 Å². The summed E-state index contributed by atoms with van der Waals surface area (Å²) in [6.45, 7) is 6.62. The van der Waals surface area contributed by atoms with Crippen molar-refractivity contribution in [3.63, 3.8) is 0 Å². The van der Waals surface area contributed by atoms with E-state index in [-0.39, 0.29) is 55.8 Å². The van der Waals surface area contributed by atoms with E-state index < -0.39 is 69.0 Å². The molecule has 0 heterocycles. The number of aliphatic hydroxyl groups is 1. The predicted molar refractivity (Wildman–Crippen MR) is 117 cm³/mol. The van der Waals surface area contributed by atoms with Crippen molar-refractivity contribution in [3.8, 4) is 0 Å². The summed E-state index contributed by atoms with van der Waals surface area (Å²) in [6.07, 6.45) is 0.619. The molecule has 9 heteroatoms. The first kappa shape index (κ1) is 27.1. The van der Waals surface area contributed by atoms with Gasteiger partial charge >= 0.3 is 35.5 Å². The van der Waals surface area contributed by atoms with Gasteiger partial charge < -0.3 is 11.3 Å². The summed E-state index contributed by atoms with van der Waals surface area (Å²) in [5, 5.41) is 10.7. The Kier molecular flexibility index (Phi) is 7.00. The molecule has 4 aliphatic carbocycles. The molecule has 3 saturated carbocycles. The van der Waals surface area contributed by atoms with Crippen molar-refractivity contribution in [1.29, 1.82) is 0 Å². The average Bonchev–Trinajstić information content (AvgIpc) is 2.93. The van der Waals surface area contributed by atoms with Gasteiger partial charge in [-0.1, -0.05) is 26.8 Å². The Morgan fingerprint density at radius 1 is 1.30 bits per heavy atom. The molecule has 0 bridgehead atoms. The maximum atomic E-state index is 17.1. The summed E-state index contributed by atoms with van der Waals surface area (Å²) in [4.78, 5) is 37.2. The SMILES string of the molecule is CCC(=O)O[C@]1(C(=O)S)[C@H](C)C[C@H]2[C@@H]3C[C@H](F)C4=CC(=O)C=C[C@]4(C)[C@]3(F)[C@@H](O)C[C@@]21C.[H-].[Na+]. The maximum absolute atomic E-state index is 17.1. The molecule has 0 spiro atoms. The normalized spacial score (nSPS) is 48.1. The van der Waals surface area contributed by atoms with Crippen molar-refractivity contribution in [2.24, 2.45) is 28.6 Å². The summed E-state index contributed by atoms with van der Waals surface area (Å²) in [7, 11) is 0. The topological polar surface area (TPSA) is 80.7 Å². The van der Waals surface area contributed by atoms with Gasteiger partial charge in [0.25, 0.3) is 0 Å². The number of fused-ring (bicyclic) bond motifs is 5. The van der Waals surface area contributed by atoms with Gasteiger partial charge in [-0.25, -0.2) is 8.78 Å². The molecule has 3 fully saturated rings. The third kappa shape index (κ3) is 3.26. The molecule has 5 nitrogen and oxygen atoms in total. The smallest absolute Gasteiger partial charge is 1.00 e. The molecule has 33 heavy (non-hydrogen) atoms. The van der Waals surface area contributed by atoms with Crippen LogP contribution in [0.3, 0.4) is 0 Å². The van der Waals surface area contributed by atoms with E-state index in [1.54, 1.807) is 20.8 Å². The summed E-state index contributed by atoms with van der Waals surface area (Å²) >= 11 is 4.09. The number of hydrogen-bond acceptors (Lipinski definition) is 5. The minimum absolute atomic E-state index is 0. The molecule has 1 N–H and O–H groups in total. The second-order valence-electron chi connectivity index (χ2n) is 10.4. The van der Waals surface area contributed by atoms with E-state index in [1.165, 1.54) is 19.1 Å². The number of carbonyl (C=O) groups excluding carboxylic acids is 3. The van der Waals surface area contributed by atoms with Crippen LogP contribution in [-0.4, -0.2) is 45.5 Å². The van der Waals surface area contributed by atoms with Gasteiger partial charge in [0.1, 0.15) is 6.17 Å². The Labute approximate surface area is 222 Å². The fraction of sp³-hybridized carbons (Fsp3) is 0.708. The molecular weight excluding hydrogens is 461 g/mol. The van der Waals surface area contributed by atoms with Gasteiger partial charge in [0.2, 0.25) is 5.12 Å². The van der Waals surface area contributed by atoms with Crippen LogP contribution in [0.25, 0.3) is 0 Å². The molecule has 9 atom stereocenters. The van der Waals surface area contributed by atoms with Gasteiger partial charge in [0.15, 0.2) is 17.1 Å². The van der Waals surface area contributed by atoms with Gasteiger partial charge in [0.05, 0.1) is 6.10 Å². The summed E-state index contributed by atoms with van der Waals surface area (Å²) in [6, 6.07) is 0. The molecule has 4 aliphatic rings. The van der Waals surface area contributed by atoms with E-state index >= 15 is 8.78 Å². The molecule has 0 aromatic carbocycles. The van der Waals surface area contributed by atoms with E-state index in [0.29, 0.717) is 6.42 Å². The van der Waals surface area contributed by atoms with Gasteiger partial charge in [-0.15, -0.1) is 12.6 Å². The standard InChI is InChI=1S/C24H30F2O5S.Na.H/c1-5-19(29)31-24(20(30)32)12(2)8-14-15-10-17(25)16-9-13(27)6-7-21(16,3)23(15,26)18(28)11-22(14,24)4;;/h6-7,9,12,14-15,17-18,28H,5,8,10-11H2,1-4H3,(H,30,32);;/q;+1;-1/t12-,14+,15+,17+,18+,21+,22+,23-,24+;;/m1../s1. The van der Waals surface area contributed by atoms with Gasteiger partial charge in [-0.3, -0.25) is 14.4 Å². The number of hydrogen-bond donors (Lipinski definition) is 2. The van der Waals surface area contributed by atoms with E-state index in [4.69, 9.17) is 4.74 Å². The predicted octanol–water partition coefficient (Wildman–Crippen LogP) is 0.816. The number of esters is 1. The number of thiol groups is 1. The molecule has 0 saturated heterocycles. The largest absolute Gasteiger partial charge is 1.00 e. The number of rotatable bonds is 3. The molecule has 0 aromatic rings. The van der Waals surface area contributed by atoms with E-state index in [9.17, 15) is 19.5 Å². The Morgan fingerprint density at radius 3 is 2.52 bits per heavy atom. The minimum Gasteiger partial charge on any atom is -1.00 e. The van der Waals surface area contributed by atoms with Crippen LogP contribution in [0, 0.1) is 28.6 Å². The van der Waals surface area contributed by atoms with Crippen LogP contribution in [-0.2, 0) is 19.1 Å². The van der Waals surface area contributed by atoms with Gasteiger partial charge in [0, 0.05) is 29.1 Å². The molecule has 178 valence electrons. The second-order valence-corrected chi connectivity index (χ2v) is 10.8. The Bertz CT molecular complexity index is 962. The van der Waals surface area contributed by atoms with Crippen LogP contribution in [0.2, 0.25) is 0 Å². The summed E-state index contributed by atoms with van der Waals surface area (Å²) in [5.41, 5.74) is -6.46. The third-order valence-electron chi connectivity index (χ3n) is 9.05. The van der Waals surface area contributed by atoms with E-state index in [2.05, 4.69) is 12.6 Å². The number of ether oxygens (including phenoxy) is 1. The first-order valence-corrected chi connectivity index (χ1v) is 11.7. The number of alkyl halides is 2. The van der Waals surface area contributed by atoms with Crippen molar-refractivity contribution in [1.82, 2.24) is 0 Å². The molecule has 0 amide bonds. The molecule has 0 unspecified atom stereocenters. The summed E-state index contributed by atoms with van der Waals surface area (Å²) in [5.74, 6) is -2.94. The van der Waals surface area contributed by atoms with Crippen LogP contribution in [0.4, 0.5) is 8.78 Å². The van der Waals surface area contributed by atoms with Crippen molar-refractivity contribution in [3.05, 3.63) is 23.8 Å². The summed E-state index contributed by atoms with van der Waals surface area (Å²) < 4.78 is 38.3. The second kappa shape index (κ2) is 8.54. The monoisotopic (exact) mass is 492 g/mol. The van der Waals surface area contributed by atoms with E-state index in [0.717, 1.165) is 6.08 Å². The Hall–Kier alpha value is -0.540. The number of halogens is 2. The van der Waals surface area contributed by atoms with Crippen molar-refractivity contribution < 1.29 is 64.0 Å². The van der Waals surface area contributed by atoms with Crippen LogP contribution in [0.15, 0.2) is 23.8 Å². The number of aliphatic hydroxyl groups excluding tert-OH is 1. The fourth-order valence-electron chi connectivity index (χ4n) is 7.49. The van der Waals surface area contributed by atoms with Crippen molar-refractivity contribution in [2.45, 2.75) is 76.9 Å².